The monoisotopic (exact) mass is 305 g/mol. The van der Waals surface area contributed by atoms with Gasteiger partial charge in [0.05, 0.1) is 10.7 Å². The molecule has 0 radical (unpaired) electrons. The van der Waals surface area contributed by atoms with E-state index in [9.17, 15) is 9.90 Å². The Hall–Kier alpha value is -1.85. The Morgan fingerprint density at radius 2 is 2.29 bits per heavy atom. The lowest BCUT2D eigenvalue weighted by atomic mass is 10.1. The largest absolute Gasteiger partial charge is 0.506 e. The van der Waals surface area contributed by atoms with E-state index in [4.69, 9.17) is 11.6 Å². The zero-order valence-electron chi connectivity index (χ0n) is 11.7. The summed E-state index contributed by atoms with van der Waals surface area (Å²) in [6.07, 6.45) is 0.698. The SMILES string of the molecule is Cc1nc2c(c(=O)[nH]1)CCN(Cc1ccc(O)c(Cl)c1)C2. The standard InChI is InChI=1S/C15H16ClN3O2/c1-9-17-13-8-19(5-4-11(13)15(21)18-9)7-10-2-3-14(20)12(16)6-10/h2-3,6,20H,4-5,7-8H2,1H3,(H,17,18,21). The molecule has 6 heteroatoms. The Labute approximate surface area is 127 Å². The molecule has 110 valence electrons. The number of aromatic hydroxyl groups is 1. The number of hydrogen-bond acceptors (Lipinski definition) is 4. The summed E-state index contributed by atoms with van der Waals surface area (Å²) >= 11 is 5.93. The van der Waals surface area contributed by atoms with Crippen LogP contribution in [0.2, 0.25) is 5.02 Å². The lowest BCUT2D eigenvalue weighted by Crippen LogP contribution is -2.35. The van der Waals surface area contributed by atoms with Crippen molar-refractivity contribution in [3.63, 3.8) is 0 Å². The number of halogens is 1. The van der Waals surface area contributed by atoms with Gasteiger partial charge < -0.3 is 10.1 Å². The fourth-order valence-corrected chi connectivity index (χ4v) is 2.86. The highest BCUT2D eigenvalue weighted by Gasteiger charge is 2.20. The van der Waals surface area contributed by atoms with Crippen LogP contribution in [0.25, 0.3) is 0 Å². The third-order valence-electron chi connectivity index (χ3n) is 3.69. The van der Waals surface area contributed by atoms with Crippen molar-refractivity contribution < 1.29 is 5.11 Å². The first-order chi connectivity index (χ1) is 10.0. The number of fused-ring (bicyclic) bond motifs is 1. The van der Waals surface area contributed by atoms with Crippen molar-refractivity contribution in [1.82, 2.24) is 14.9 Å². The maximum absolute atomic E-state index is 11.9. The van der Waals surface area contributed by atoms with Crippen molar-refractivity contribution in [1.29, 1.82) is 0 Å². The van der Waals surface area contributed by atoms with Crippen molar-refractivity contribution in [3.8, 4) is 5.75 Å². The van der Waals surface area contributed by atoms with Crippen molar-refractivity contribution in [3.05, 3.63) is 56.2 Å². The van der Waals surface area contributed by atoms with E-state index in [0.717, 1.165) is 23.4 Å². The Morgan fingerprint density at radius 3 is 3.05 bits per heavy atom. The van der Waals surface area contributed by atoms with Crippen LogP contribution in [0, 0.1) is 6.92 Å². The summed E-state index contributed by atoms with van der Waals surface area (Å²) in [6.45, 7) is 3.96. The zero-order chi connectivity index (χ0) is 15.0. The number of aromatic nitrogens is 2. The molecule has 5 nitrogen and oxygen atoms in total. The molecule has 0 fully saturated rings. The van der Waals surface area contributed by atoms with Gasteiger partial charge in [-0.25, -0.2) is 4.98 Å². The summed E-state index contributed by atoms with van der Waals surface area (Å²) in [5.74, 6) is 0.738. The van der Waals surface area contributed by atoms with Crippen LogP contribution in [0.1, 0.15) is 22.6 Å². The van der Waals surface area contributed by atoms with Crippen LogP contribution in [0.3, 0.4) is 0 Å². The molecule has 1 aliphatic rings. The minimum Gasteiger partial charge on any atom is -0.506 e. The molecule has 2 heterocycles. The number of aromatic amines is 1. The van der Waals surface area contributed by atoms with Crippen molar-refractivity contribution in [2.75, 3.05) is 6.54 Å². The summed E-state index contributed by atoms with van der Waals surface area (Å²) in [6, 6.07) is 5.22. The lowest BCUT2D eigenvalue weighted by molar-refractivity contribution is 0.240. The molecule has 2 N–H and O–H groups in total. The number of H-pyrrole nitrogens is 1. The zero-order valence-corrected chi connectivity index (χ0v) is 12.4. The number of phenols is 1. The van der Waals surface area contributed by atoms with Gasteiger partial charge in [-0.1, -0.05) is 17.7 Å². The molecule has 0 amide bonds. The molecule has 21 heavy (non-hydrogen) atoms. The maximum Gasteiger partial charge on any atom is 0.254 e. The molecule has 0 saturated heterocycles. The number of rotatable bonds is 2. The maximum atomic E-state index is 11.9. The van der Waals surface area contributed by atoms with Crippen LogP contribution < -0.4 is 5.56 Å². The Morgan fingerprint density at radius 1 is 1.48 bits per heavy atom. The fourth-order valence-electron chi connectivity index (χ4n) is 2.66. The first-order valence-electron chi connectivity index (χ1n) is 6.81. The van der Waals surface area contributed by atoms with E-state index in [1.807, 2.05) is 6.07 Å². The number of aryl methyl sites for hydroxylation is 1. The molecule has 0 aliphatic carbocycles. The smallest absolute Gasteiger partial charge is 0.254 e. The minimum atomic E-state index is -0.0233. The van der Waals surface area contributed by atoms with Gasteiger partial charge in [-0.3, -0.25) is 9.69 Å². The third-order valence-corrected chi connectivity index (χ3v) is 3.99. The van der Waals surface area contributed by atoms with Gasteiger partial charge in [-0.05, 0) is 31.0 Å². The normalized spacial score (nSPS) is 15.0. The lowest BCUT2D eigenvalue weighted by Gasteiger charge is -2.27. The second kappa shape index (κ2) is 5.50. The van der Waals surface area contributed by atoms with Gasteiger partial charge in [0.1, 0.15) is 11.6 Å². The third kappa shape index (κ3) is 2.94. The second-order valence-corrected chi connectivity index (χ2v) is 5.73. The quantitative estimate of drug-likeness (QED) is 0.890. The van der Waals surface area contributed by atoms with Crippen LogP contribution in [0.15, 0.2) is 23.0 Å². The number of nitrogens with one attached hydrogen (secondary N) is 1. The van der Waals surface area contributed by atoms with Crippen molar-refractivity contribution in [2.24, 2.45) is 0 Å². The Bertz CT molecular complexity index is 742. The Kier molecular flexibility index (Phi) is 3.69. The molecule has 3 rings (SSSR count). The fraction of sp³-hybridized carbons (Fsp3) is 0.333. The van der Waals surface area contributed by atoms with E-state index in [2.05, 4.69) is 14.9 Å². The van der Waals surface area contributed by atoms with E-state index < -0.39 is 0 Å². The molecule has 2 aromatic rings. The predicted octanol–water partition coefficient (Wildman–Crippen LogP) is 2.00. The molecule has 0 atom stereocenters. The number of nitrogens with zero attached hydrogens (tertiary/aromatic N) is 2. The van der Waals surface area contributed by atoms with Gasteiger partial charge in [0.25, 0.3) is 5.56 Å². The van der Waals surface area contributed by atoms with Gasteiger partial charge >= 0.3 is 0 Å². The summed E-state index contributed by atoms with van der Waals surface area (Å²) in [7, 11) is 0. The van der Waals surface area contributed by atoms with E-state index in [0.29, 0.717) is 30.4 Å². The van der Waals surface area contributed by atoms with Crippen LogP contribution in [-0.2, 0) is 19.5 Å². The molecule has 1 aromatic heterocycles. The highest BCUT2D eigenvalue weighted by atomic mass is 35.5. The Balaban J connectivity index is 1.80. The first kappa shape index (κ1) is 14.1. The van der Waals surface area contributed by atoms with E-state index >= 15 is 0 Å². The molecule has 1 aromatic carbocycles. The van der Waals surface area contributed by atoms with Crippen LogP contribution in [-0.4, -0.2) is 26.5 Å². The molecular weight excluding hydrogens is 290 g/mol. The minimum absolute atomic E-state index is 0.0233. The second-order valence-electron chi connectivity index (χ2n) is 5.32. The molecule has 0 spiro atoms. The summed E-state index contributed by atoms with van der Waals surface area (Å²) in [5.41, 5.74) is 2.65. The number of benzene rings is 1. The van der Waals surface area contributed by atoms with Gasteiger partial charge in [-0.2, -0.15) is 0 Å². The van der Waals surface area contributed by atoms with Crippen molar-refractivity contribution >= 4 is 11.6 Å². The van der Waals surface area contributed by atoms with E-state index in [1.165, 1.54) is 0 Å². The first-order valence-corrected chi connectivity index (χ1v) is 7.19. The topological polar surface area (TPSA) is 69.2 Å². The van der Waals surface area contributed by atoms with Crippen LogP contribution >= 0.6 is 11.6 Å². The number of hydrogen-bond donors (Lipinski definition) is 2. The summed E-state index contributed by atoms with van der Waals surface area (Å²) < 4.78 is 0. The molecule has 0 bridgehead atoms. The average Bonchev–Trinajstić information content (AvgIpc) is 2.42. The van der Waals surface area contributed by atoms with Gasteiger partial charge in [0.2, 0.25) is 0 Å². The highest BCUT2D eigenvalue weighted by Crippen LogP contribution is 2.25. The molecular formula is C15H16ClN3O2. The predicted molar refractivity (Wildman–Crippen MR) is 80.5 cm³/mol. The highest BCUT2D eigenvalue weighted by molar-refractivity contribution is 6.32. The van der Waals surface area contributed by atoms with Gasteiger partial charge in [0.15, 0.2) is 0 Å². The average molecular weight is 306 g/mol. The molecule has 0 saturated carbocycles. The number of phenolic OH excluding ortho intramolecular Hbond substituents is 1. The summed E-state index contributed by atoms with van der Waals surface area (Å²) in [4.78, 5) is 21.3. The van der Waals surface area contributed by atoms with Gasteiger partial charge in [-0.15, -0.1) is 0 Å². The molecule has 0 unspecified atom stereocenters. The van der Waals surface area contributed by atoms with E-state index in [-0.39, 0.29) is 11.3 Å². The van der Waals surface area contributed by atoms with Crippen molar-refractivity contribution in [2.45, 2.75) is 26.4 Å². The summed E-state index contributed by atoms with van der Waals surface area (Å²) in [5, 5.41) is 9.80. The van der Waals surface area contributed by atoms with Crippen LogP contribution in [0.5, 0.6) is 5.75 Å². The molecule has 1 aliphatic heterocycles. The van der Waals surface area contributed by atoms with E-state index in [1.54, 1.807) is 19.1 Å². The van der Waals surface area contributed by atoms with Crippen LogP contribution in [0.4, 0.5) is 0 Å². The van der Waals surface area contributed by atoms with Gasteiger partial charge in [0, 0.05) is 25.2 Å².